The molecule has 1 saturated heterocycles. The molecule has 0 spiro atoms. The zero-order chi connectivity index (χ0) is 19.0. The van der Waals surface area contributed by atoms with E-state index in [4.69, 9.17) is 21.1 Å². The minimum absolute atomic E-state index is 0.340. The second-order valence-electron chi connectivity index (χ2n) is 5.99. The summed E-state index contributed by atoms with van der Waals surface area (Å²) >= 11 is 9.68. The molecule has 142 valence electrons. The van der Waals surface area contributed by atoms with Gasteiger partial charge in [-0.3, -0.25) is 4.79 Å². The normalized spacial score (nSPS) is 28.9. The molecule has 5 N–H and O–H groups in total. The Hall–Kier alpha value is -1.36. The van der Waals surface area contributed by atoms with Crippen molar-refractivity contribution in [3.8, 4) is 5.75 Å². The number of rotatable bonds is 4. The number of ether oxygens (including phenoxy) is 2. The zero-order valence-corrected chi connectivity index (χ0v) is 16.0. The first-order valence-electron chi connectivity index (χ1n) is 7.84. The first-order chi connectivity index (χ1) is 12.3. The van der Waals surface area contributed by atoms with Crippen LogP contribution in [0.4, 0.5) is 0 Å². The fraction of sp³-hybridized carbons (Fsp3) is 0.438. The molecule has 5 atom stereocenters. The Morgan fingerprint density at radius 1 is 1.42 bits per heavy atom. The van der Waals surface area contributed by atoms with Crippen molar-refractivity contribution in [3.63, 3.8) is 0 Å². The van der Waals surface area contributed by atoms with E-state index >= 15 is 0 Å². The highest BCUT2D eigenvalue weighted by Crippen LogP contribution is 2.38. The van der Waals surface area contributed by atoms with Crippen LogP contribution in [0, 0.1) is 0 Å². The predicted molar refractivity (Wildman–Crippen MR) is 97.0 cm³/mol. The monoisotopic (exact) mass is 448 g/mol. The number of hydrogen-bond donors (Lipinski definition) is 5. The molecule has 4 unspecified atom stereocenters. The van der Waals surface area contributed by atoms with Gasteiger partial charge in [0, 0.05) is 17.6 Å². The number of aliphatic hydroxyl groups excluding tert-OH is 3. The van der Waals surface area contributed by atoms with Crippen LogP contribution >= 0.6 is 27.5 Å². The van der Waals surface area contributed by atoms with Gasteiger partial charge in [0.15, 0.2) is 0 Å². The Labute approximate surface area is 162 Å². The molecular formula is C16H18BrClN2O6. The number of aromatic nitrogens is 1. The molecular weight excluding hydrogens is 432 g/mol. The van der Waals surface area contributed by atoms with Crippen molar-refractivity contribution in [2.75, 3.05) is 6.61 Å². The van der Waals surface area contributed by atoms with E-state index < -0.39 is 43.2 Å². The van der Waals surface area contributed by atoms with Crippen LogP contribution in [0.5, 0.6) is 5.75 Å². The number of aliphatic hydroxyl groups is 3. The number of halogens is 2. The molecule has 1 amide bonds. The summed E-state index contributed by atoms with van der Waals surface area (Å²) in [6.45, 7) is 0.749. The van der Waals surface area contributed by atoms with Crippen molar-refractivity contribution in [1.29, 1.82) is 0 Å². The van der Waals surface area contributed by atoms with Crippen molar-refractivity contribution in [3.05, 3.63) is 27.8 Å². The van der Waals surface area contributed by atoms with Gasteiger partial charge in [0.25, 0.3) is 0 Å². The quantitative estimate of drug-likeness (QED) is 0.473. The maximum Gasteiger partial charge on any atom is 0.223 e. The van der Waals surface area contributed by atoms with Crippen molar-refractivity contribution in [1.82, 2.24) is 10.3 Å². The molecule has 1 aromatic carbocycles. The van der Waals surface area contributed by atoms with E-state index in [9.17, 15) is 20.1 Å². The van der Waals surface area contributed by atoms with Gasteiger partial charge in [-0.1, -0.05) is 11.6 Å². The van der Waals surface area contributed by atoms with E-state index in [1.807, 2.05) is 0 Å². The second kappa shape index (κ2) is 7.71. The van der Waals surface area contributed by atoms with Crippen LogP contribution in [0.15, 0.2) is 22.8 Å². The molecule has 0 aliphatic carbocycles. The summed E-state index contributed by atoms with van der Waals surface area (Å²) in [6, 6.07) is 2.55. The van der Waals surface area contributed by atoms with Crippen molar-refractivity contribution >= 4 is 44.3 Å². The summed E-state index contributed by atoms with van der Waals surface area (Å²) in [4.78, 5) is 14.5. The molecule has 0 radical (unpaired) electrons. The average Bonchev–Trinajstić information content (AvgIpc) is 3.01. The standard InChI is InChI=1S/C16H18BrClN2O6/c1-6(22)20-13-15(24)14(23)10(5-21)26-16(13)25-9-4-19-8-3-2-7(17)12(18)11(8)9/h2-4,10,13-16,19,21,23-24H,5H2,1H3,(H,20,22)/t10?,13?,14?,15?,16-/m1/s1. The number of benzene rings is 1. The van der Waals surface area contributed by atoms with Crippen LogP contribution in [-0.2, 0) is 9.53 Å². The third kappa shape index (κ3) is 3.55. The predicted octanol–water partition coefficient (Wildman–Crippen LogP) is 0.906. The van der Waals surface area contributed by atoms with Gasteiger partial charge in [-0.2, -0.15) is 0 Å². The number of carbonyl (C=O) groups is 1. The lowest BCUT2D eigenvalue weighted by Crippen LogP contribution is -2.65. The van der Waals surface area contributed by atoms with Crippen molar-refractivity contribution in [2.24, 2.45) is 0 Å². The minimum Gasteiger partial charge on any atom is -0.460 e. The molecule has 2 aromatic rings. The Balaban J connectivity index is 1.95. The van der Waals surface area contributed by atoms with E-state index in [0.29, 0.717) is 20.6 Å². The summed E-state index contributed by atoms with van der Waals surface area (Å²) in [7, 11) is 0. The van der Waals surface area contributed by atoms with Gasteiger partial charge in [-0.05, 0) is 28.1 Å². The second-order valence-corrected chi connectivity index (χ2v) is 7.22. The molecule has 26 heavy (non-hydrogen) atoms. The van der Waals surface area contributed by atoms with Crippen molar-refractivity contribution in [2.45, 2.75) is 37.6 Å². The maximum atomic E-state index is 11.5. The number of nitrogens with one attached hydrogen (secondary N) is 2. The largest absolute Gasteiger partial charge is 0.460 e. The molecule has 1 aliphatic heterocycles. The Bertz CT molecular complexity index is 815. The highest BCUT2D eigenvalue weighted by atomic mass is 79.9. The van der Waals surface area contributed by atoms with Crippen molar-refractivity contribution < 1.29 is 29.6 Å². The van der Waals surface area contributed by atoms with Gasteiger partial charge in [-0.15, -0.1) is 0 Å². The highest BCUT2D eigenvalue weighted by molar-refractivity contribution is 9.10. The SMILES string of the molecule is CC(=O)NC1C(O)C(O)C(CO)O[C@H]1Oc1c[nH]c2ccc(Br)c(Cl)c12. The van der Waals surface area contributed by atoms with Crippen LogP contribution in [0.3, 0.4) is 0 Å². The first kappa shape index (κ1) is 19.4. The van der Waals surface area contributed by atoms with E-state index in [0.717, 1.165) is 5.52 Å². The Kier molecular flexibility index (Phi) is 5.75. The number of fused-ring (bicyclic) bond motifs is 1. The number of amides is 1. The average molecular weight is 450 g/mol. The minimum atomic E-state index is -1.39. The third-order valence-corrected chi connectivity index (χ3v) is 5.48. The lowest BCUT2D eigenvalue weighted by Gasteiger charge is -2.41. The number of aromatic amines is 1. The van der Waals surface area contributed by atoms with Gasteiger partial charge >= 0.3 is 0 Å². The Morgan fingerprint density at radius 2 is 2.15 bits per heavy atom. The van der Waals surface area contributed by atoms with Gasteiger partial charge in [-0.25, -0.2) is 0 Å². The van der Waals surface area contributed by atoms with Crippen LogP contribution < -0.4 is 10.1 Å². The smallest absolute Gasteiger partial charge is 0.223 e. The Morgan fingerprint density at radius 3 is 2.81 bits per heavy atom. The zero-order valence-electron chi connectivity index (χ0n) is 13.6. The molecule has 10 heteroatoms. The van der Waals surface area contributed by atoms with Crippen LogP contribution in [0.2, 0.25) is 5.02 Å². The molecule has 0 saturated carbocycles. The summed E-state index contributed by atoms with van der Waals surface area (Å²) in [5.41, 5.74) is 0.722. The molecule has 0 bridgehead atoms. The van der Waals surface area contributed by atoms with Gasteiger partial charge < -0.3 is 35.1 Å². The van der Waals surface area contributed by atoms with E-state index in [1.165, 1.54) is 6.92 Å². The van der Waals surface area contributed by atoms with Crippen LogP contribution in [-0.4, -0.2) is 63.5 Å². The van der Waals surface area contributed by atoms with Gasteiger partial charge in [0.1, 0.15) is 30.1 Å². The van der Waals surface area contributed by atoms with Gasteiger partial charge in [0.2, 0.25) is 12.2 Å². The van der Waals surface area contributed by atoms with E-state index in [-0.39, 0.29) is 0 Å². The number of H-pyrrole nitrogens is 1. The molecule has 1 aromatic heterocycles. The van der Waals surface area contributed by atoms with Crippen LogP contribution in [0.25, 0.3) is 10.9 Å². The third-order valence-electron chi connectivity index (χ3n) is 4.19. The van der Waals surface area contributed by atoms with E-state index in [2.05, 4.69) is 26.2 Å². The summed E-state index contributed by atoms with van der Waals surface area (Å²) < 4.78 is 12.1. The summed E-state index contributed by atoms with van der Waals surface area (Å²) in [6.07, 6.45) is -3.40. The topological polar surface area (TPSA) is 124 Å². The maximum absolute atomic E-state index is 11.5. The summed E-state index contributed by atoms with van der Waals surface area (Å²) in [5, 5.41) is 33.3. The lowest BCUT2D eigenvalue weighted by atomic mass is 9.97. The number of hydrogen-bond acceptors (Lipinski definition) is 6. The fourth-order valence-corrected chi connectivity index (χ4v) is 3.50. The lowest BCUT2D eigenvalue weighted by molar-refractivity contribution is -0.244. The molecule has 3 rings (SSSR count). The highest BCUT2D eigenvalue weighted by Gasteiger charge is 2.46. The molecule has 2 heterocycles. The molecule has 1 fully saturated rings. The first-order valence-corrected chi connectivity index (χ1v) is 9.02. The number of carbonyl (C=O) groups excluding carboxylic acids is 1. The fourth-order valence-electron chi connectivity index (χ4n) is 2.92. The summed E-state index contributed by atoms with van der Waals surface area (Å²) in [5.74, 6) is -0.0902. The van der Waals surface area contributed by atoms with Gasteiger partial charge in [0.05, 0.1) is 22.5 Å². The van der Waals surface area contributed by atoms with E-state index in [1.54, 1.807) is 18.3 Å². The molecule has 1 aliphatic rings. The molecule has 8 nitrogen and oxygen atoms in total. The van der Waals surface area contributed by atoms with Crippen LogP contribution in [0.1, 0.15) is 6.92 Å².